The van der Waals surface area contributed by atoms with Crippen LogP contribution in [0.15, 0.2) is 54.7 Å². The second kappa shape index (κ2) is 8.81. The number of imidazole rings is 1. The Morgan fingerprint density at radius 2 is 1.94 bits per heavy atom. The van der Waals surface area contributed by atoms with Gasteiger partial charge in [0.1, 0.15) is 17.2 Å². The third-order valence-electron chi connectivity index (χ3n) is 5.70. The van der Waals surface area contributed by atoms with Crippen molar-refractivity contribution in [2.45, 2.75) is 6.42 Å². The Bertz CT molecular complexity index is 1380. The zero-order valence-electron chi connectivity index (χ0n) is 18.6. The van der Waals surface area contributed by atoms with Gasteiger partial charge in [-0.15, -0.1) is 0 Å². The molecule has 4 heterocycles. The van der Waals surface area contributed by atoms with Crippen LogP contribution in [0.4, 0.5) is 11.6 Å². The van der Waals surface area contributed by atoms with Gasteiger partial charge in [0.05, 0.1) is 24.8 Å². The molecule has 4 aromatic rings. The van der Waals surface area contributed by atoms with Crippen molar-refractivity contribution in [3.8, 4) is 17.1 Å². The number of nitrogens with one attached hydrogen (secondary N) is 1. The Hall–Kier alpha value is -4.47. The zero-order chi connectivity index (χ0) is 23.7. The fraction of sp³-hybridized carbons (Fsp3) is 0.208. The number of amides is 1. The fourth-order valence-corrected chi connectivity index (χ4v) is 4.02. The Morgan fingerprint density at radius 1 is 1.12 bits per heavy atom. The van der Waals surface area contributed by atoms with Gasteiger partial charge in [-0.05, 0) is 55.0 Å². The summed E-state index contributed by atoms with van der Waals surface area (Å²) >= 11 is 0. The summed E-state index contributed by atoms with van der Waals surface area (Å²) in [6, 6.07) is 14.4. The van der Waals surface area contributed by atoms with E-state index in [1.165, 1.54) is 7.11 Å². The van der Waals surface area contributed by atoms with Crippen LogP contribution in [0.25, 0.3) is 28.2 Å². The van der Waals surface area contributed by atoms with Crippen molar-refractivity contribution in [2.75, 3.05) is 37.4 Å². The van der Waals surface area contributed by atoms with Crippen LogP contribution in [0.2, 0.25) is 0 Å². The van der Waals surface area contributed by atoms with Crippen molar-refractivity contribution in [1.82, 2.24) is 24.8 Å². The van der Waals surface area contributed by atoms with Crippen molar-refractivity contribution in [3.05, 3.63) is 60.3 Å². The predicted molar refractivity (Wildman–Crippen MR) is 128 cm³/mol. The molecule has 0 atom stereocenters. The molecule has 3 aromatic heterocycles. The summed E-state index contributed by atoms with van der Waals surface area (Å²) < 4.78 is 6.69. The lowest BCUT2D eigenvalue weighted by atomic mass is 10.2. The van der Waals surface area contributed by atoms with Crippen LogP contribution in [0.1, 0.15) is 16.8 Å². The number of esters is 1. The molecule has 1 aromatic carbocycles. The normalized spacial score (nSPS) is 14.0. The van der Waals surface area contributed by atoms with E-state index < -0.39 is 5.97 Å². The van der Waals surface area contributed by atoms with E-state index in [-0.39, 0.29) is 12.5 Å². The maximum Gasteiger partial charge on any atom is 0.337 e. The maximum absolute atomic E-state index is 12.1. The smallest absolute Gasteiger partial charge is 0.337 e. The molecule has 1 aliphatic rings. The first-order valence-electron chi connectivity index (χ1n) is 10.9. The number of nitrogens with two attached hydrogens (primary N) is 1. The third kappa shape index (κ3) is 3.90. The summed E-state index contributed by atoms with van der Waals surface area (Å²) in [5.41, 5.74) is 9.29. The molecule has 1 fully saturated rings. The molecule has 34 heavy (non-hydrogen) atoms. The average Bonchev–Trinajstić information content (AvgIpc) is 3.09. The summed E-state index contributed by atoms with van der Waals surface area (Å²) in [6.45, 7) is 1.59. The van der Waals surface area contributed by atoms with Crippen molar-refractivity contribution in [3.63, 3.8) is 0 Å². The minimum absolute atomic E-state index is 0.0323. The number of pyridine rings is 2. The summed E-state index contributed by atoms with van der Waals surface area (Å²) in [5, 5.41) is 2.89. The van der Waals surface area contributed by atoms with Crippen LogP contribution in [-0.2, 0) is 9.53 Å². The molecule has 3 N–H and O–H groups in total. The minimum Gasteiger partial charge on any atom is -0.465 e. The molecular formula is C24H23N7O3. The highest BCUT2D eigenvalue weighted by molar-refractivity contribution is 5.90. The molecule has 5 rings (SSSR count). The highest BCUT2D eigenvalue weighted by Gasteiger charge is 2.21. The van der Waals surface area contributed by atoms with E-state index in [1.54, 1.807) is 36.5 Å². The number of methoxy groups -OCH3 is 1. The third-order valence-corrected chi connectivity index (χ3v) is 5.70. The van der Waals surface area contributed by atoms with Crippen molar-refractivity contribution in [1.29, 1.82) is 0 Å². The Kier molecular flexibility index (Phi) is 5.54. The molecule has 0 radical (unpaired) electrons. The van der Waals surface area contributed by atoms with Gasteiger partial charge in [-0.3, -0.25) is 9.36 Å². The Balaban J connectivity index is 1.69. The van der Waals surface area contributed by atoms with Crippen molar-refractivity contribution >= 4 is 34.7 Å². The maximum atomic E-state index is 12.1. The second-order valence-electron chi connectivity index (χ2n) is 7.88. The average molecular weight is 457 g/mol. The Labute approximate surface area is 195 Å². The van der Waals surface area contributed by atoms with Crippen LogP contribution in [0.3, 0.4) is 0 Å². The van der Waals surface area contributed by atoms with Gasteiger partial charge in [-0.25, -0.2) is 19.7 Å². The number of nitrogen functional groups attached to an aromatic ring is 1. The molecule has 0 unspecified atom stereocenters. The lowest BCUT2D eigenvalue weighted by Gasteiger charge is -2.20. The number of ether oxygens (including phenoxy) is 1. The molecule has 0 bridgehead atoms. The van der Waals surface area contributed by atoms with E-state index in [0.29, 0.717) is 52.8 Å². The number of hydrogen-bond donors (Lipinski definition) is 2. The van der Waals surface area contributed by atoms with Crippen LogP contribution in [0.5, 0.6) is 0 Å². The number of nitrogens with zero attached hydrogens (tertiary/aromatic N) is 5. The molecular weight excluding hydrogens is 434 g/mol. The van der Waals surface area contributed by atoms with Crippen LogP contribution < -0.4 is 16.0 Å². The van der Waals surface area contributed by atoms with Crippen LogP contribution in [0, 0.1) is 0 Å². The largest absolute Gasteiger partial charge is 0.465 e. The Morgan fingerprint density at radius 3 is 2.71 bits per heavy atom. The lowest BCUT2D eigenvalue weighted by molar-refractivity contribution is -0.119. The fourth-order valence-electron chi connectivity index (χ4n) is 4.02. The van der Waals surface area contributed by atoms with Crippen LogP contribution >= 0.6 is 0 Å². The highest BCUT2D eigenvalue weighted by atomic mass is 16.5. The molecule has 1 amide bonds. The number of carbonyl (C=O) groups is 2. The molecule has 172 valence electrons. The number of carbonyl (C=O) groups excluding carboxylic acids is 2. The number of benzene rings is 1. The first-order valence-corrected chi connectivity index (χ1v) is 10.9. The van der Waals surface area contributed by atoms with Gasteiger partial charge in [-0.1, -0.05) is 0 Å². The molecule has 10 heteroatoms. The topological polar surface area (TPSA) is 128 Å². The standard InChI is InChI=1S/C24H23N7O3/c1-34-24(33)15-5-7-16(8-6-15)31-22(17-4-2-11-27-21(17)25)28-18-9-10-19(29-23(18)31)30-13-3-12-26-20(32)14-30/h2,4-11H,3,12-14H2,1H3,(H2,25,27)(H,26,32). The van der Waals surface area contributed by atoms with Crippen LogP contribution in [-0.4, -0.2) is 58.1 Å². The molecule has 0 aliphatic carbocycles. The molecule has 0 saturated carbocycles. The quantitative estimate of drug-likeness (QED) is 0.446. The van der Waals surface area contributed by atoms with Crippen molar-refractivity contribution in [2.24, 2.45) is 0 Å². The van der Waals surface area contributed by atoms with E-state index in [0.717, 1.165) is 12.1 Å². The first kappa shape index (κ1) is 21.4. The van der Waals surface area contributed by atoms with Crippen molar-refractivity contribution < 1.29 is 14.3 Å². The SMILES string of the molecule is COC(=O)c1ccc(-n2c(-c3cccnc3N)nc3ccc(N4CCCNC(=O)C4)nc32)cc1. The van der Waals surface area contributed by atoms with Gasteiger partial charge in [0, 0.05) is 25.0 Å². The van der Waals surface area contributed by atoms with E-state index in [4.69, 9.17) is 20.4 Å². The summed E-state index contributed by atoms with van der Waals surface area (Å²) in [5.74, 6) is 1.15. The zero-order valence-corrected chi connectivity index (χ0v) is 18.6. The van der Waals surface area contributed by atoms with Gasteiger partial charge < -0.3 is 20.7 Å². The lowest BCUT2D eigenvalue weighted by Crippen LogP contribution is -2.33. The molecule has 10 nitrogen and oxygen atoms in total. The minimum atomic E-state index is -0.418. The monoisotopic (exact) mass is 457 g/mol. The summed E-state index contributed by atoms with van der Waals surface area (Å²) in [7, 11) is 1.34. The number of hydrogen-bond acceptors (Lipinski definition) is 8. The highest BCUT2D eigenvalue weighted by Crippen LogP contribution is 2.31. The van der Waals surface area contributed by atoms with Gasteiger partial charge in [0.2, 0.25) is 5.91 Å². The number of anilines is 2. The molecule has 1 saturated heterocycles. The number of fused-ring (bicyclic) bond motifs is 1. The molecule has 1 aliphatic heterocycles. The number of rotatable bonds is 4. The summed E-state index contributed by atoms with van der Waals surface area (Å²) in [6.07, 6.45) is 2.45. The summed E-state index contributed by atoms with van der Waals surface area (Å²) in [4.78, 5) is 39.9. The van der Waals surface area contributed by atoms with E-state index >= 15 is 0 Å². The second-order valence-corrected chi connectivity index (χ2v) is 7.88. The van der Waals surface area contributed by atoms with E-state index in [9.17, 15) is 9.59 Å². The van der Waals surface area contributed by atoms with Gasteiger partial charge in [0.15, 0.2) is 11.5 Å². The number of aromatic nitrogens is 4. The predicted octanol–water partition coefficient (Wildman–Crippen LogP) is 2.18. The van der Waals surface area contributed by atoms with Gasteiger partial charge >= 0.3 is 5.97 Å². The van der Waals surface area contributed by atoms with E-state index in [2.05, 4.69) is 10.3 Å². The van der Waals surface area contributed by atoms with Gasteiger partial charge in [-0.2, -0.15) is 0 Å². The molecule has 0 spiro atoms. The van der Waals surface area contributed by atoms with Gasteiger partial charge in [0.25, 0.3) is 0 Å². The first-order chi connectivity index (χ1) is 16.5. The van der Waals surface area contributed by atoms with E-state index in [1.807, 2.05) is 27.7 Å².